The summed E-state index contributed by atoms with van der Waals surface area (Å²) in [7, 11) is 1.50. The lowest BCUT2D eigenvalue weighted by atomic mass is 9.91. The van der Waals surface area contributed by atoms with E-state index in [1.165, 1.54) is 7.11 Å². The molecule has 104 valence electrons. The maximum absolute atomic E-state index is 11.7. The van der Waals surface area contributed by atoms with E-state index in [9.17, 15) is 9.59 Å². The van der Waals surface area contributed by atoms with Crippen molar-refractivity contribution in [3.05, 3.63) is 34.9 Å². The number of carbonyl (C=O) groups is 2. The molecule has 19 heavy (non-hydrogen) atoms. The van der Waals surface area contributed by atoms with Crippen LogP contribution in [0.3, 0.4) is 0 Å². The number of ether oxygens (including phenoxy) is 1. The minimum Gasteiger partial charge on any atom is -0.384 e. The van der Waals surface area contributed by atoms with Crippen LogP contribution in [-0.4, -0.2) is 25.5 Å². The van der Waals surface area contributed by atoms with Crippen molar-refractivity contribution >= 4 is 23.4 Å². The largest absolute Gasteiger partial charge is 0.384 e. The van der Waals surface area contributed by atoms with Gasteiger partial charge in [0.2, 0.25) is 11.8 Å². The highest BCUT2D eigenvalue weighted by Crippen LogP contribution is 2.23. The van der Waals surface area contributed by atoms with Crippen LogP contribution in [0.25, 0.3) is 0 Å². The minimum atomic E-state index is -1.30. The van der Waals surface area contributed by atoms with Gasteiger partial charge in [-0.2, -0.15) is 0 Å². The SMILES string of the molecule is COCCC(=O)N[C@@](C)(C(N)=O)c1cccc(Cl)c1. The number of primary amides is 1. The highest BCUT2D eigenvalue weighted by molar-refractivity contribution is 6.30. The van der Waals surface area contributed by atoms with Gasteiger partial charge in [0.1, 0.15) is 5.54 Å². The molecule has 0 unspecified atom stereocenters. The van der Waals surface area contributed by atoms with Crippen LogP contribution in [0.2, 0.25) is 5.02 Å². The van der Waals surface area contributed by atoms with Crippen LogP contribution >= 0.6 is 11.6 Å². The maximum Gasteiger partial charge on any atom is 0.247 e. The lowest BCUT2D eigenvalue weighted by Crippen LogP contribution is -2.52. The normalized spacial score (nSPS) is 13.6. The monoisotopic (exact) mass is 284 g/mol. The summed E-state index contributed by atoms with van der Waals surface area (Å²) in [6, 6.07) is 6.66. The molecule has 1 aromatic rings. The summed E-state index contributed by atoms with van der Waals surface area (Å²) < 4.78 is 4.81. The smallest absolute Gasteiger partial charge is 0.247 e. The second-order valence-corrected chi connectivity index (χ2v) is 4.73. The summed E-state index contributed by atoms with van der Waals surface area (Å²) in [5.41, 5.74) is 4.65. The van der Waals surface area contributed by atoms with Gasteiger partial charge in [0.05, 0.1) is 6.61 Å². The number of nitrogens with two attached hydrogens (primary N) is 1. The lowest BCUT2D eigenvalue weighted by Gasteiger charge is -2.28. The second kappa shape index (κ2) is 6.54. The number of halogens is 1. The van der Waals surface area contributed by atoms with Gasteiger partial charge in [-0.25, -0.2) is 0 Å². The molecule has 0 spiro atoms. The second-order valence-electron chi connectivity index (χ2n) is 4.29. The third-order valence-corrected chi connectivity index (χ3v) is 3.05. The lowest BCUT2D eigenvalue weighted by molar-refractivity contribution is -0.131. The van der Waals surface area contributed by atoms with Gasteiger partial charge in [0.15, 0.2) is 0 Å². The fraction of sp³-hybridized carbons (Fsp3) is 0.385. The first-order valence-corrected chi connectivity index (χ1v) is 6.14. The topological polar surface area (TPSA) is 81.4 Å². The van der Waals surface area contributed by atoms with E-state index in [1.54, 1.807) is 31.2 Å². The number of rotatable bonds is 6. The number of methoxy groups -OCH3 is 1. The Hall–Kier alpha value is -1.59. The van der Waals surface area contributed by atoms with Gasteiger partial charge >= 0.3 is 0 Å². The van der Waals surface area contributed by atoms with E-state index in [0.717, 1.165) is 0 Å². The average molecular weight is 285 g/mol. The highest BCUT2D eigenvalue weighted by Gasteiger charge is 2.34. The van der Waals surface area contributed by atoms with E-state index < -0.39 is 11.4 Å². The molecule has 6 heteroatoms. The van der Waals surface area contributed by atoms with Gasteiger partial charge in [-0.15, -0.1) is 0 Å². The van der Waals surface area contributed by atoms with E-state index in [2.05, 4.69) is 5.32 Å². The number of hydrogen-bond acceptors (Lipinski definition) is 3. The molecule has 0 bridgehead atoms. The molecule has 0 heterocycles. The molecule has 0 saturated carbocycles. The molecule has 0 aliphatic rings. The molecule has 0 aliphatic heterocycles. The van der Waals surface area contributed by atoms with E-state index in [0.29, 0.717) is 10.6 Å². The molecular formula is C13H17ClN2O3. The maximum atomic E-state index is 11.7. The molecule has 0 fully saturated rings. The Morgan fingerprint density at radius 3 is 2.68 bits per heavy atom. The van der Waals surface area contributed by atoms with Crippen LogP contribution in [0.5, 0.6) is 0 Å². The summed E-state index contributed by atoms with van der Waals surface area (Å²) >= 11 is 5.89. The summed E-state index contributed by atoms with van der Waals surface area (Å²) in [6.07, 6.45) is 0.153. The molecule has 0 saturated heterocycles. The van der Waals surface area contributed by atoms with Crippen LogP contribution in [0, 0.1) is 0 Å². The van der Waals surface area contributed by atoms with Crippen LogP contribution in [0.1, 0.15) is 18.9 Å². The van der Waals surface area contributed by atoms with Gasteiger partial charge in [-0.1, -0.05) is 23.7 Å². The Kier molecular flexibility index (Phi) is 5.32. The molecule has 1 rings (SSSR count). The summed E-state index contributed by atoms with van der Waals surface area (Å²) in [4.78, 5) is 23.4. The van der Waals surface area contributed by atoms with Gasteiger partial charge in [-0.3, -0.25) is 9.59 Å². The Morgan fingerprint density at radius 2 is 2.16 bits per heavy atom. The van der Waals surface area contributed by atoms with Crippen molar-refractivity contribution in [3.8, 4) is 0 Å². The van der Waals surface area contributed by atoms with E-state index in [4.69, 9.17) is 22.1 Å². The van der Waals surface area contributed by atoms with Crippen molar-refractivity contribution in [2.45, 2.75) is 18.9 Å². The Balaban J connectivity index is 2.98. The zero-order chi connectivity index (χ0) is 14.5. The number of benzene rings is 1. The van der Waals surface area contributed by atoms with Crippen LogP contribution in [0.15, 0.2) is 24.3 Å². The van der Waals surface area contributed by atoms with Crippen LogP contribution < -0.4 is 11.1 Å². The Labute approximate surface area is 117 Å². The first-order chi connectivity index (χ1) is 8.90. The van der Waals surface area contributed by atoms with E-state index in [1.807, 2.05) is 0 Å². The van der Waals surface area contributed by atoms with Crippen molar-refractivity contribution < 1.29 is 14.3 Å². The number of carbonyl (C=O) groups excluding carboxylic acids is 2. The van der Waals surface area contributed by atoms with Crippen LogP contribution in [-0.2, 0) is 19.9 Å². The van der Waals surface area contributed by atoms with Crippen molar-refractivity contribution in [1.82, 2.24) is 5.32 Å². The molecule has 0 aromatic heterocycles. The molecule has 0 radical (unpaired) electrons. The van der Waals surface area contributed by atoms with Gasteiger partial charge < -0.3 is 15.8 Å². The highest BCUT2D eigenvalue weighted by atomic mass is 35.5. The van der Waals surface area contributed by atoms with E-state index >= 15 is 0 Å². The van der Waals surface area contributed by atoms with Crippen LogP contribution in [0.4, 0.5) is 0 Å². The molecular weight excluding hydrogens is 268 g/mol. The first kappa shape index (κ1) is 15.5. The fourth-order valence-electron chi connectivity index (χ4n) is 1.61. The molecule has 1 aromatic carbocycles. The summed E-state index contributed by atoms with van der Waals surface area (Å²) in [5, 5.41) is 3.09. The Bertz CT molecular complexity index is 479. The summed E-state index contributed by atoms with van der Waals surface area (Å²) in [5.74, 6) is -0.969. The van der Waals surface area contributed by atoms with Gasteiger partial charge in [-0.05, 0) is 24.6 Å². The predicted molar refractivity (Wildman–Crippen MR) is 72.6 cm³/mol. The zero-order valence-corrected chi connectivity index (χ0v) is 11.7. The van der Waals surface area contributed by atoms with Crippen molar-refractivity contribution in [1.29, 1.82) is 0 Å². The number of amides is 2. The Morgan fingerprint density at radius 1 is 1.47 bits per heavy atom. The molecule has 2 amide bonds. The average Bonchev–Trinajstić information content (AvgIpc) is 2.36. The van der Waals surface area contributed by atoms with Crippen molar-refractivity contribution in [3.63, 3.8) is 0 Å². The third kappa shape index (κ3) is 3.94. The van der Waals surface area contributed by atoms with Gasteiger partial charge in [0.25, 0.3) is 0 Å². The summed E-state index contributed by atoms with van der Waals surface area (Å²) in [6.45, 7) is 1.82. The molecule has 5 nitrogen and oxygen atoms in total. The predicted octanol–water partition coefficient (Wildman–Crippen LogP) is 1.19. The number of nitrogens with one attached hydrogen (secondary N) is 1. The minimum absolute atomic E-state index is 0.153. The standard InChI is InChI=1S/C13H17ClN2O3/c1-13(12(15)18,16-11(17)6-7-19-2)9-4-3-5-10(14)8-9/h3-5,8H,6-7H2,1-2H3,(H2,15,18)(H,16,17)/t13-/m1/s1. The molecule has 0 aliphatic carbocycles. The third-order valence-electron chi connectivity index (χ3n) is 2.82. The molecule has 1 atom stereocenters. The number of hydrogen-bond donors (Lipinski definition) is 2. The molecule has 3 N–H and O–H groups in total. The van der Waals surface area contributed by atoms with Crippen molar-refractivity contribution in [2.75, 3.05) is 13.7 Å². The quantitative estimate of drug-likeness (QED) is 0.823. The van der Waals surface area contributed by atoms with Gasteiger partial charge in [0, 0.05) is 18.6 Å². The first-order valence-electron chi connectivity index (χ1n) is 5.76. The van der Waals surface area contributed by atoms with Crippen molar-refractivity contribution in [2.24, 2.45) is 5.73 Å². The fourth-order valence-corrected chi connectivity index (χ4v) is 1.80. The zero-order valence-electron chi connectivity index (χ0n) is 10.9. The van der Waals surface area contributed by atoms with E-state index in [-0.39, 0.29) is 18.9 Å².